The third kappa shape index (κ3) is 3.28. The molecule has 0 spiro atoms. The van der Waals surface area contributed by atoms with Crippen molar-refractivity contribution in [3.63, 3.8) is 0 Å². The number of nitrogens with zero attached hydrogens (tertiary/aromatic N) is 1. The molecule has 1 aliphatic heterocycles. The van der Waals surface area contributed by atoms with Crippen molar-refractivity contribution in [1.29, 1.82) is 0 Å². The number of primary amides is 1. The zero-order valence-electron chi connectivity index (χ0n) is 12.1. The van der Waals surface area contributed by atoms with Crippen LogP contribution in [0.1, 0.15) is 39.2 Å². The number of rotatable bonds is 2. The van der Waals surface area contributed by atoms with Gasteiger partial charge in [0.15, 0.2) is 0 Å². The summed E-state index contributed by atoms with van der Waals surface area (Å²) < 4.78 is 0. The van der Waals surface area contributed by atoms with Gasteiger partial charge >= 0.3 is 0 Å². The number of piperidine rings is 1. The Labute approximate surface area is 115 Å². The van der Waals surface area contributed by atoms with E-state index in [-0.39, 0.29) is 17.2 Å². The number of carbonyl (C=O) groups is 1. The van der Waals surface area contributed by atoms with Gasteiger partial charge in [-0.15, -0.1) is 0 Å². The van der Waals surface area contributed by atoms with E-state index in [1.807, 2.05) is 0 Å². The third-order valence-corrected chi connectivity index (χ3v) is 4.00. The molecule has 1 aromatic rings. The van der Waals surface area contributed by atoms with Crippen molar-refractivity contribution in [1.82, 2.24) is 0 Å². The minimum absolute atomic E-state index is 0.0603. The molecule has 0 atom stereocenters. The Hall–Kier alpha value is -1.51. The van der Waals surface area contributed by atoms with Crippen molar-refractivity contribution in [3.05, 3.63) is 29.8 Å². The molecule has 1 fully saturated rings. The predicted molar refractivity (Wildman–Crippen MR) is 79.3 cm³/mol. The maximum Gasteiger partial charge on any atom is 0.220 e. The second-order valence-corrected chi connectivity index (χ2v) is 6.46. The van der Waals surface area contributed by atoms with E-state index in [9.17, 15) is 4.79 Å². The molecule has 0 bridgehead atoms. The fourth-order valence-electron chi connectivity index (χ4n) is 2.59. The number of nitrogens with two attached hydrogens (primary N) is 1. The molecule has 104 valence electrons. The van der Waals surface area contributed by atoms with Crippen molar-refractivity contribution in [3.8, 4) is 0 Å². The molecule has 1 aliphatic rings. The average Bonchev–Trinajstić information content (AvgIpc) is 2.38. The summed E-state index contributed by atoms with van der Waals surface area (Å²) >= 11 is 0. The molecule has 19 heavy (non-hydrogen) atoms. The highest BCUT2D eigenvalue weighted by Gasteiger charge is 2.23. The van der Waals surface area contributed by atoms with Crippen molar-refractivity contribution in [2.75, 3.05) is 18.0 Å². The van der Waals surface area contributed by atoms with Gasteiger partial charge in [0.25, 0.3) is 0 Å². The fraction of sp³-hybridized carbons (Fsp3) is 0.562. The summed E-state index contributed by atoms with van der Waals surface area (Å²) in [5, 5.41) is 0. The lowest BCUT2D eigenvalue weighted by Crippen LogP contribution is -2.38. The molecule has 0 unspecified atom stereocenters. The van der Waals surface area contributed by atoms with Gasteiger partial charge in [0.2, 0.25) is 5.91 Å². The lowest BCUT2D eigenvalue weighted by atomic mass is 9.87. The molecule has 0 saturated carbocycles. The highest BCUT2D eigenvalue weighted by atomic mass is 16.1. The van der Waals surface area contributed by atoms with Crippen LogP contribution < -0.4 is 10.6 Å². The molecule has 3 heteroatoms. The summed E-state index contributed by atoms with van der Waals surface area (Å²) in [6.45, 7) is 8.51. The van der Waals surface area contributed by atoms with Crippen LogP contribution in [0.2, 0.25) is 0 Å². The fourth-order valence-corrected chi connectivity index (χ4v) is 2.59. The topological polar surface area (TPSA) is 46.3 Å². The van der Waals surface area contributed by atoms with Crippen LogP contribution in [0.3, 0.4) is 0 Å². The number of carbonyl (C=O) groups excluding carboxylic acids is 1. The molecule has 1 aromatic carbocycles. The molecule has 0 aromatic heterocycles. The Bertz CT molecular complexity index is 437. The monoisotopic (exact) mass is 260 g/mol. The van der Waals surface area contributed by atoms with Gasteiger partial charge in [0, 0.05) is 24.7 Å². The van der Waals surface area contributed by atoms with Crippen molar-refractivity contribution in [2.45, 2.75) is 39.0 Å². The summed E-state index contributed by atoms with van der Waals surface area (Å²) in [6.07, 6.45) is 1.74. The third-order valence-electron chi connectivity index (χ3n) is 4.00. The first kappa shape index (κ1) is 13.9. The first-order valence-corrected chi connectivity index (χ1v) is 7.03. The van der Waals surface area contributed by atoms with Gasteiger partial charge in [-0.05, 0) is 36.0 Å². The van der Waals surface area contributed by atoms with E-state index >= 15 is 0 Å². The summed E-state index contributed by atoms with van der Waals surface area (Å²) in [5.74, 6) is -0.0900. The number of benzene rings is 1. The number of anilines is 1. The molecule has 3 nitrogen and oxygen atoms in total. The van der Waals surface area contributed by atoms with Gasteiger partial charge in [0.1, 0.15) is 0 Å². The van der Waals surface area contributed by atoms with Crippen LogP contribution >= 0.6 is 0 Å². The van der Waals surface area contributed by atoms with E-state index in [1.54, 1.807) is 0 Å². The van der Waals surface area contributed by atoms with Gasteiger partial charge in [-0.25, -0.2) is 0 Å². The van der Waals surface area contributed by atoms with Crippen LogP contribution in [0.5, 0.6) is 0 Å². The maximum atomic E-state index is 11.2. The van der Waals surface area contributed by atoms with Crippen LogP contribution in [-0.2, 0) is 10.2 Å². The smallest absolute Gasteiger partial charge is 0.220 e. The Morgan fingerprint density at radius 2 is 1.68 bits per heavy atom. The van der Waals surface area contributed by atoms with Gasteiger partial charge in [-0.3, -0.25) is 4.79 Å². The molecule has 1 heterocycles. The molecule has 2 N–H and O–H groups in total. The number of hydrogen-bond acceptors (Lipinski definition) is 2. The lowest BCUT2D eigenvalue weighted by Gasteiger charge is -2.32. The largest absolute Gasteiger partial charge is 0.371 e. The van der Waals surface area contributed by atoms with Crippen LogP contribution in [0.25, 0.3) is 0 Å². The zero-order chi connectivity index (χ0) is 14.0. The van der Waals surface area contributed by atoms with Crippen LogP contribution in [0, 0.1) is 5.92 Å². The van der Waals surface area contributed by atoms with Crippen molar-refractivity contribution < 1.29 is 4.79 Å². The minimum Gasteiger partial charge on any atom is -0.371 e. The zero-order valence-corrected chi connectivity index (χ0v) is 12.1. The van der Waals surface area contributed by atoms with E-state index in [0.717, 1.165) is 25.9 Å². The molecule has 1 amide bonds. The second kappa shape index (κ2) is 5.24. The lowest BCUT2D eigenvalue weighted by molar-refractivity contribution is -0.122. The van der Waals surface area contributed by atoms with E-state index in [0.29, 0.717) is 0 Å². The molecular formula is C16H24N2O. The SMILES string of the molecule is CC(C)(C)c1ccc(N2CCC(C(N)=O)CC2)cc1. The predicted octanol–water partition coefficient (Wildman–Crippen LogP) is 2.69. The summed E-state index contributed by atoms with van der Waals surface area (Å²) in [6, 6.07) is 8.78. The van der Waals surface area contributed by atoms with Gasteiger partial charge in [-0.1, -0.05) is 32.9 Å². The first-order chi connectivity index (χ1) is 8.88. The van der Waals surface area contributed by atoms with Crippen molar-refractivity contribution >= 4 is 11.6 Å². The minimum atomic E-state index is -0.150. The molecular weight excluding hydrogens is 236 g/mol. The van der Waals surface area contributed by atoms with E-state index in [1.165, 1.54) is 11.3 Å². The Balaban J connectivity index is 2.02. The first-order valence-electron chi connectivity index (χ1n) is 7.03. The number of amides is 1. The Morgan fingerprint density at radius 1 is 1.16 bits per heavy atom. The van der Waals surface area contributed by atoms with Gasteiger partial charge < -0.3 is 10.6 Å². The van der Waals surface area contributed by atoms with Crippen LogP contribution in [0.15, 0.2) is 24.3 Å². The standard InChI is InChI=1S/C16H24N2O/c1-16(2,3)13-4-6-14(7-5-13)18-10-8-12(9-11-18)15(17)19/h4-7,12H,8-11H2,1-3H3,(H2,17,19). The van der Waals surface area contributed by atoms with Gasteiger partial charge in [0.05, 0.1) is 0 Å². The average molecular weight is 260 g/mol. The van der Waals surface area contributed by atoms with Crippen molar-refractivity contribution in [2.24, 2.45) is 11.7 Å². The normalized spacial score (nSPS) is 17.5. The molecule has 0 radical (unpaired) electrons. The summed E-state index contributed by atoms with van der Waals surface area (Å²) in [4.78, 5) is 13.5. The van der Waals surface area contributed by atoms with E-state index in [4.69, 9.17) is 5.73 Å². The van der Waals surface area contributed by atoms with Crippen LogP contribution in [-0.4, -0.2) is 19.0 Å². The molecule has 0 aliphatic carbocycles. The summed E-state index contributed by atoms with van der Waals surface area (Å²) in [7, 11) is 0. The van der Waals surface area contributed by atoms with Crippen LogP contribution in [0.4, 0.5) is 5.69 Å². The quantitative estimate of drug-likeness (QED) is 0.888. The van der Waals surface area contributed by atoms with E-state index in [2.05, 4.69) is 49.9 Å². The Morgan fingerprint density at radius 3 is 2.11 bits per heavy atom. The van der Waals surface area contributed by atoms with E-state index < -0.39 is 0 Å². The number of hydrogen-bond donors (Lipinski definition) is 1. The maximum absolute atomic E-state index is 11.2. The second-order valence-electron chi connectivity index (χ2n) is 6.46. The van der Waals surface area contributed by atoms with Gasteiger partial charge in [-0.2, -0.15) is 0 Å². The highest BCUT2D eigenvalue weighted by molar-refractivity contribution is 5.77. The Kier molecular flexibility index (Phi) is 3.83. The summed E-state index contributed by atoms with van der Waals surface area (Å²) in [5.41, 5.74) is 8.15. The molecule has 1 saturated heterocycles. The molecule has 2 rings (SSSR count). The highest BCUT2D eigenvalue weighted by Crippen LogP contribution is 2.27.